The highest BCUT2D eigenvalue weighted by Gasteiger charge is 2.39. The lowest BCUT2D eigenvalue weighted by Gasteiger charge is -2.38. The van der Waals surface area contributed by atoms with Crippen LogP contribution in [0.25, 0.3) is 11.1 Å². The number of likely N-dealkylation sites (tertiary alicyclic amines) is 1. The molecule has 0 aromatic heterocycles. The monoisotopic (exact) mass is 411 g/mol. The molecule has 1 fully saturated rings. The van der Waals surface area contributed by atoms with E-state index in [2.05, 4.69) is 0 Å². The van der Waals surface area contributed by atoms with Crippen LogP contribution in [0.15, 0.2) is 48.5 Å². The molecule has 1 amide bonds. The second kappa shape index (κ2) is 8.78. The summed E-state index contributed by atoms with van der Waals surface area (Å²) >= 11 is 0. The number of aromatic hydroxyl groups is 1. The van der Waals surface area contributed by atoms with Crippen molar-refractivity contribution in [2.24, 2.45) is 5.92 Å². The predicted octanol–water partition coefficient (Wildman–Crippen LogP) is 4.57. The van der Waals surface area contributed by atoms with Gasteiger partial charge in [-0.05, 0) is 56.0 Å². The van der Waals surface area contributed by atoms with Crippen LogP contribution in [0.5, 0.6) is 5.75 Å². The summed E-state index contributed by atoms with van der Waals surface area (Å²) < 4.78 is 10.5. The molecular weight excluding hydrogens is 382 g/mol. The summed E-state index contributed by atoms with van der Waals surface area (Å²) in [6.07, 6.45) is 0.132. The van der Waals surface area contributed by atoms with Gasteiger partial charge in [-0.25, -0.2) is 4.79 Å². The standard InChI is InChI=1S/C24H29NO5/c1-24(2,3)30-23(28)25-11-10-20(21(15-25)22(27)29-4)18-12-17(13-19(26)14-18)16-8-6-5-7-9-16/h5-9,12-14,20-21,26H,10-11,15H2,1-4H3/t20-,21?/m1/s1. The van der Waals surface area contributed by atoms with Gasteiger partial charge in [0, 0.05) is 19.0 Å². The van der Waals surface area contributed by atoms with Crippen LogP contribution in [0.3, 0.4) is 0 Å². The number of rotatable bonds is 3. The van der Waals surface area contributed by atoms with Crippen LogP contribution in [-0.4, -0.2) is 47.9 Å². The lowest BCUT2D eigenvalue weighted by molar-refractivity contribution is -0.148. The number of phenols is 1. The summed E-state index contributed by atoms with van der Waals surface area (Å²) in [5, 5.41) is 10.3. The zero-order chi connectivity index (χ0) is 21.9. The Morgan fingerprint density at radius 2 is 1.77 bits per heavy atom. The van der Waals surface area contributed by atoms with Gasteiger partial charge in [0.1, 0.15) is 11.4 Å². The highest BCUT2D eigenvalue weighted by molar-refractivity contribution is 5.76. The number of amides is 1. The fourth-order valence-corrected chi connectivity index (χ4v) is 3.88. The highest BCUT2D eigenvalue weighted by Crippen LogP contribution is 2.38. The van der Waals surface area contributed by atoms with Gasteiger partial charge in [-0.1, -0.05) is 36.4 Å². The molecule has 0 aliphatic carbocycles. The molecule has 0 spiro atoms. The van der Waals surface area contributed by atoms with Gasteiger partial charge in [0.15, 0.2) is 0 Å². The van der Waals surface area contributed by atoms with E-state index in [4.69, 9.17) is 9.47 Å². The lowest BCUT2D eigenvalue weighted by atomic mass is 9.79. The average Bonchev–Trinajstić information content (AvgIpc) is 2.71. The number of methoxy groups -OCH3 is 1. The maximum Gasteiger partial charge on any atom is 0.410 e. The molecule has 0 saturated carbocycles. The number of hydrogen-bond donors (Lipinski definition) is 1. The minimum absolute atomic E-state index is 0.143. The first-order chi connectivity index (χ1) is 14.2. The number of carbonyl (C=O) groups is 2. The van der Waals surface area contributed by atoms with E-state index in [0.29, 0.717) is 13.0 Å². The van der Waals surface area contributed by atoms with Crippen LogP contribution in [0.1, 0.15) is 38.7 Å². The fourth-order valence-electron chi connectivity index (χ4n) is 3.88. The van der Waals surface area contributed by atoms with Gasteiger partial charge in [0.25, 0.3) is 0 Å². The Kier molecular flexibility index (Phi) is 6.34. The van der Waals surface area contributed by atoms with E-state index in [1.54, 1.807) is 17.0 Å². The summed E-state index contributed by atoms with van der Waals surface area (Å²) in [7, 11) is 1.35. The summed E-state index contributed by atoms with van der Waals surface area (Å²) in [4.78, 5) is 26.7. The summed E-state index contributed by atoms with van der Waals surface area (Å²) in [6.45, 7) is 6.11. The van der Waals surface area contributed by atoms with E-state index < -0.39 is 17.6 Å². The zero-order valence-electron chi connectivity index (χ0n) is 17.9. The Balaban J connectivity index is 1.89. The number of benzene rings is 2. The topological polar surface area (TPSA) is 76.1 Å². The first kappa shape index (κ1) is 21.7. The Labute approximate surface area is 177 Å². The van der Waals surface area contributed by atoms with Crippen molar-refractivity contribution in [2.45, 2.75) is 38.7 Å². The minimum Gasteiger partial charge on any atom is -0.508 e. The smallest absolute Gasteiger partial charge is 0.410 e. The summed E-state index contributed by atoms with van der Waals surface area (Å²) in [5.74, 6) is -0.949. The maximum absolute atomic E-state index is 12.6. The number of esters is 1. The van der Waals surface area contributed by atoms with Gasteiger partial charge in [-0.3, -0.25) is 4.79 Å². The number of carbonyl (C=O) groups excluding carboxylic acids is 2. The van der Waals surface area contributed by atoms with Crippen LogP contribution in [0.2, 0.25) is 0 Å². The van der Waals surface area contributed by atoms with Crippen LogP contribution >= 0.6 is 0 Å². The SMILES string of the molecule is COC(=O)C1CN(C(=O)OC(C)(C)C)CC[C@@H]1c1cc(O)cc(-c2ccccc2)c1. The average molecular weight is 411 g/mol. The largest absolute Gasteiger partial charge is 0.508 e. The van der Waals surface area contributed by atoms with Gasteiger partial charge in [0.2, 0.25) is 0 Å². The molecule has 6 heteroatoms. The van der Waals surface area contributed by atoms with Crippen molar-refractivity contribution in [2.75, 3.05) is 20.2 Å². The van der Waals surface area contributed by atoms with E-state index in [9.17, 15) is 14.7 Å². The van der Waals surface area contributed by atoms with Crippen LogP contribution in [0.4, 0.5) is 4.79 Å². The Morgan fingerprint density at radius 3 is 2.40 bits per heavy atom. The second-order valence-corrected chi connectivity index (χ2v) is 8.63. The van der Waals surface area contributed by atoms with Gasteiger partial charge < -0.3 is 19.5 Å². The molecule has 30 heavy (non-hydrogen) atoms. The van der Waals surface area contributed by atoms with Crippen LogP contribution in [0, 0.1) is 5.92 Å². The van der Waals surface area contributed by atoms with Gasteiger partial charge in [-0.15, -0.1) is 0 Å². The molecule has 2 atom stereocenters. The Morgan fingerprint density at radius 1 is 1.07 bits per heavy atom. The maximum atomic E-state index is 12.6. The van der Waals surface area contributed by atoms with E-state index in [1.165, 1.54) is 7.11 Å². The quantitative estimate of drug-likeness (QED) is 0.749. The number of phenolic OH excluding ortho intramolecular Hbond substituents is 1. The highest BCUT2D eigenvalue weighted by atomic mass is 16.6. The van der Waals surface area contributed by atoms with E-state index in [1.807, 2.05) is 57.2 Å². The molecule has 1 aliphatic rings. The molecule has 1 N–H and O–H groups in total. The van der Waals surface area contributed by atoms with Crippen LogP contribution < -0.4 is 0 Å². The summed E-state index contributed by atoms with van der Waals surface area (Å²) in [6, 6.07) is 15.2. The third-order valence-corrected chi connectivity index (χ3v) is 5.24. The van der Waals surface area contributed by atoms with E-state index >= 15 is 0 Å². The van der Waals surface area contributed by atoms with Crippen molar-refractivity contribution in [3.05, 3.63) is 54.1 Å². The molecule has 0 bridgehead atoms. The van der Waals surface area contributed by atoms with Crippen molar-refractivity contribution in [1.29, 1.82) is 0 Å². The van der Waals surface area contributed by atoms with E-state index in [-0.39, 0.29) is 24.2 Å². The molecule has 1 saturated heterocycles. The number of nitrogens with zero attached hydrogens (tertiary/aromatic N) is 1. The van der Waals surface area contributed by atoms with Crippen molar-refractivity contribution in [3.63, 3.8) is 0 Å². The van der Waals surface area contributed by atoms with Crippen molar-refractivity contribution in [1.82, 2.24) is 4.90 Å². The molecule has 1 unspecified atom stereocenters. The first-order valence-electron chi connectivity index (χ1n) is 10.1. The zero-order valence-corrected chi connectivity index (χ0v) is 17.9. The molecule has 3 rings (SSSR count). The van der Waals surface area contributed by atoms with Crippen molar-refractivity contribution in [3.8, 4) is 16.9 Å². The lowest BCUT2D eigenvalue weighted by Crippen LogP contribution is -2.47. The Hall–Kier alpha value is -3.02. The Bertz CT molecular complexity index is 904. The van der Waals surface area contributed by atoms with Crippen LogP contribution in [-0.2, 0) is 14.3 Å². The molecular formula is C24H29NO5. The van der Waals surface area contributed by atoms with Gasteiger partial charge in [-0.2, -0.15) is 0 Å². The van der Waals surface area contributed by atoms with E-state index in [0.717, 1.165) is 16.7 Å². The number of hydrogen-bond acceptors (Lipinski definition) is 5. The fraction of sp³-hybridized carbons (Fsp3) is 0.417. The minimum atomic E-state index is -0.607. The first-order valence-corrected chi connectivity index (χ1v) is 10.1. The molecule has 0 radical (unpaired) electrons. The van der Waals surface area contributed by atoms with Crippen molar-refractivity contribution >= 4 is 12.1 Å². The predicted molar refractivity (Wildman–Crippen MR) is 114 cm³/mol. The molecule has 2 aromatic carbocycles. The van der Waals surface area contributed by atoms with Crippen molar-refractivity contribution < 1.29 is 24.2 Å². The van der Waals surface area contributed by atoms with Gasteiger partial charge >= 0.3 is 12.1 Å². The third kappa shape index (κ3) is 5.12. The number of ether oxygens (including phenoxy) is 2. The molecule has 1 aliphatic heterocycles. The third-order valence-electron chi connectivity index (χ3n) is 5.24. The molecule has 1 heterocycles. The number of piperidine rings is 1. The second-order valence-electron chi connectivity index (χ2n) is 8.63. The normalized spacial score (nSPS) is 19.3. The molecule has 2 aromatic rings. The summed E-state index contributed by atoms with van der Waals surface area (Å²) in [5.41, 5.74) is 2.11. The molecule has 6 nitrogen and oxygen atoms in total. The molecule has 160 valence electrons. The van der Waals surface area contributed by atoms with Gasteiger partial charge in [0.05, 0.1) is 13.0 Å².